The molecule has 0 bridgehead atoms. The van der Waals surface area contributed by atoms with Gasteiger partial charge < -0.3 is 15.0 Å². The molecular weight excluding hydrogens is 591 g/mol. The van der Waals surface area contributed by atoms with E-state index in [0.717, 1.165) is 0 Å². The summed E-state index contributed by atoms with van der Waals surface area (Å²) in [7, 11) is 1.54. The summed E-state index contributed by atoms with van der Waals surface area (Å²) < 4.78 is 22.4. The third-order valence-electron chi connectivity index (χ3n) is 6.52. The number of halogens is 3. The molecule has 0 unspecified atom stereocenters. The average Bonchev–Trinajstić information content (AvgIpc) is 3.24. The normalized spacial score (nSPS) is 12.7. The molecule has 0 atom stereocenters. The van der Waals surface area contributed by atoms with Crippen molar-refractivity contribution in [2.75, 3.05) is 13.7 Å². The number of benzene rings is 3. The van der Waals surface area contributed by atoms with Crippen LogP contribution in [0.25, 0.3) is 5.69 Å². The van der Waals surface area contributed by atoms with Crippen molar-refractivity contribution >= 4 is 39.3 Å². The van der Waals surface area contributed by atoms with Crippen molar-refractivity contribution in [3.63, 3.8) is 0 Å². The number of ether oxygens (including phenoxy) is 1. The molecule has 8 nitrogen and oxygen atoms in total. The lowest BCUT2D eigenvalue weighted by atomic mass is 10.1. The van der Waals surface area contributed by atoms with Crippen LogP contribution in [0, 0.1) is 5.82 Å². The topological polar surface area (TPSA) is 85.6 Å². The fourth-order valence-electron chi connectivity index (χ4n) is 4.56. The van der Waals surface area contributed by atoms with E-state index in [1.165, 1.54) is 28.4 Å². The largest absolute Gasteiger partial charge is 0.497 e. The number of fused-ring (bicyclic) bond motifs is 1. The second-order valence-electron chi connectivity index (χ2n) is 8.93. The molecule has 2 heterocycles. The van der Waals surface area contributed by atoms with Gasteiger partial charge in [-0.05, 0) is 76.1 Å². The summed E-state index contributed by atoms with van der Waals surface area (Å²) in [6.07, 6.45) is 0. The number of methoxy groups -OCH3 is 1. The minimum atomic E-state index is -0.526. The maximum Gasteiger partial charge on any atom is 0.333 e. The fourth-order valence-corrected chi connectivity index (χ4v) is 4.99. The van der Waals surface area contributed by atoms with Crippen LogP contribution in [0.5, 0.6) is 5.75 Å². The van der Waals surface area contributed by atoms with Crippen molar-refractivity contribution < 1.29 is 18.7 Å². The predicted molar refractivity (Wildman–Crippen MR) is 148 cm³/mol. The van der Waals surface area contributed by atoms with Crippen molar-refractivity contribution in [3.05, 3.63) is 115 Å². The monoisotopic (exact) mass is 612 g/mol. The molecule has 3 aromatic carbocycles. The Kier molecular flexibility index (Phi) is 7.58. The number of hydrogen-bond acceptors (Lipinski definition) is 4. The van der Waals surface area contributed by atoms with E-state index in [4.69, 9.17) is 16.3 Å². The smallest absolute Gasteiger partial charge is 0.333 e. The van der Waals surface area contributed by atoms with Crippen LogP contribution in [0.3, 0.4) is 0 Å². The molecule has 0 fully saturated rings. The standard InChI is InChI=1S/C28H23BrClFN4O4/c1-39-21-8-6-20(7-9-21)35-25(26(36)32-15-17-3-2-4-19(31)13-17)24-16-33(11-12-34(24)28(35)38)27(37)18-5-10-22(29)23(30)14-18/h2-10,13-14H,11-12,15-16H2,1H3,(H,32,36). The van der Waals surface area contributed by atoms with Crippen LogP contribution in [-0.4, -0.2) is 39.5 Å². The van der Waals surface area contributed by atoms with Crippen molar-refractivity contribution in [2.24, 2.45) is 0 Å². The first-order valence-corrected chi connectivity index (χ1v) is 13.2. The minimum Gasteiger partial charge on any atom is -0.497 e. The molecule has 39 heavy (non-hydrogen) atoms. The van der Waals surface area contributed by atoms with E-state index in [1.807, 2.05) is 0 Å². The quantitative estimate of drug-likeness (QED) is 0.339. The van der Waals surface area contributed by atoms with Gasteiger partial charge in [0, 0.05) is 29.7 Å². The van der Waals surface area contributed by atoms with E-state index >= 15 is 0 Å². The number of amides is 2. The van der Waals surface area contributed by atoms with Gasteiger partial charge in [-0.3, -0.25) is 18.7 Å². The molecule has 1 aromatic heterocycles. The molecule has 1 aliphatic heterocycles. The van der Waals surface area contributed by atoms with E-state index < -0.39 is 17.4 Å². The molecule has 0 spiro atoms. The molecule has 0 saturated heterocycles. The minimum absolute atomic E-state index is 0.0353. The van der Waals surface area contributed by atoms with Gasteiger partial charge in [-0.2, -0.15) is 0 Å². The van der Waals surface area contributed by atoms with E-state index in [9.17, 15) is 18.8 Å². The van der Waals surface area contributed by atoms with Gasteiger partial charge in [0.1, 0.15) is 17.3 Å². The van der Waals surface area contributed by atoms with Crippen LogP contribution in [0.15, 0.2) is 76.0 Å². The second-order valence-corrected chi connectivity index (χ2v) is 10.2. The number of imidazole rings is 1. The van der Waals surface area contributed by atoms with Gasteiger partial charge in [-0.1, -0.05) is 23.7 Å². The van der Waals surface area contributed by atoms with Crippen LogP contribution in [-0.2, 0) is 19.6 Å². The van der Waals surface area contributed by atoms with Crippen LogP contribution < -0.4 is 15.7 Å². The number of carbonyl (C=O) groups is 2. The number of nitrogens with one attached hydrogen (secondary N) is 1. The maximum atomic E-state index is 13.7. The Morgan fingerprint density at radius 2 is 1.85 bits per heavy atom. The molecule has 0 radical (unpaired) electrons. The molecule has 200 valence electrons. The molecule has 0 saturated carbocycles. The number of carbonyl (C=O) groups excluding carboxylic acids is 2. The van der Waals surface area contributed by atoms with E-state index in [1.54, 1.807) is 59.5 Å². The van der Waals surface area contributed by atoms with Gasteiger partial charge in [-0.15, -0.1) is 0 Å². The third-order valence-corrected chi connectivity index (χ3v) is 7.75. The highest BCUT2D eigenvalue weighted by molar-refractivity contribution is 9.10. The summed E-state index contributed by atoms with van der Waals surface area (Å²) >= 11 is 9.53. The molecule has 4 aromatic rings. The van der Waals surface area contributed by atoms with Crippen LogP contribution in [0.4, 0.5) is 4.39 Å². The molecule has 1 aliphatic rings. The fraction of sp³-hybridized carbons (Fsp3) is 0.179. The molecule has 1 N–H and O–H groups in total. The average molecular weight is 614 g/mol. The highest BCUT2D eigenvalue weighted by atomic mass is 79.9. The molecule has 5 rings (SSSR count). The Morgan fingerprint density at radius 1 is 1.08 bits per heavy atom. The Bertz CT molecular complexity index is 1630. The zero-order valence-corrected chi connectivity index (χ0v) is 23.1. The van der Waals surface area contributed by atoms with Gasteiger partial charge in [0.25, 0.3) is 11.8 Å². The van der Waals surface area contributed by atoms with Gasteiger partial charge in [0.15, 0.2) is 0 Å². The molecule has 2 amide bonds. The lowest BCUT2D eigenvalue weighted by Crippen LogP contribution is -2.41. The van der Waals surface area contributed by atoms with Crippen molar-refractivity contribution in [3.8, 4) is 11.4 Å². The van der Waals surface area contributed by atoms with Crippen molar-refractivity contribution in [2.45, 2.75) is 19.6 Å². The first-order chi connectivity index (χ1) is 18.8. The van der Waals surface area contributed by atoms with Crippen LogP contribution >= 0.6 is 27.5 Å². The number of nitrogens with zero attached hydrogens (tertiary/aromatic N) is 3. The summed E-state index contributed by atoms with van der Waals surface area (Å²) in [6.45, 7) is 0.569. The predicted octanol–water partition coefficient (Wildman–Crippen LogP) is 4.79. The summed E-state index contributed by atoms with van der Waals surface area (Å²) in [5.74, 6) is -0.619. The lowest BCUT2D eigenvalue weighted by Gasteiger charge is -2.28. The summed E-state index contributed by atoms with van der Waals surface area (Å²) in [5.41, 5.74) is 1.54. The first-order valence-electron chi connectivity index (χ1n) is 12.0. The highest BCUT2D eigenvalue weighted by Gasteiger charge is 2.32. The summed E-state index contributed by atoms with van der Waals surface area (Å²) in [5, 5.41) is 3.20. The van der Waals surface area contributed by atoms with Gasteiger partial charge >= 0.3 is 5.69 Å². The van der Waals surface area contributed by atoms with E-state index in [-0.39, 0.29) is 37.8 Å². The summed E-state index contributed by atoms with van der Waals surface area (Å²) in [4.78, 5) is 42.1. The zero-order chi connectivity index (χ0) is 27.7. The second kappa shape index (κ2) is 11.1. The third kappa shape index (κ3) is 5.35. The van der Waals surface area contributed by atoms with Gasteiger partial charge in [-0.25, -0.2) is 9.18 Å². The van der Waals surface area contributed by atoms with Crippen LogP contribution in [0.2, 0.25) is 5.02 Å². The number of aromatic nitrogens is 2. The van der Waals surface area contributed by atoms with E-state index in [0.29, 0.717) is 37.8 Å². The van der Waals surface area contributed by atoms with Gasteiger partial charge in [0.2, 0.25) is 0 Å². The van der Waals surface area contributed by atoms with Crippen molar-refractivity contribution in [1.82, 2.24) is 19.4 Å². The van der Waals surface area contributed by atoms with Crippen molar-refractivity contribution in [1.29, 1.82) is 0 Å². The maximum absolute atomic E-state index is 13.7. The Hall–Kier alpha value is -3.89. The van der Waals surface area contributed by atoms with Gasteiger partial charge in [0.05, 0.1) is 30.1 Å². The molecular formula is C28H23BrClFN4O4. The molecule has 11 heteroatoms. The van der Waals surface area contributed by atoms with E-state index in [2.05, 4.69) is 21.2 Å². The number of rotatable bonds is 6. The SMILES string of the molecule is COc1ccc(-n2c(C(=O)NCc3cccc(F)c3)c3n(c2=O)CCN(C(=O)c2ccc(Br)c(Cl)c2)C3)cc1. The zero-order valence-electron chi connectivity index (χ0n) is 20.8. The van der Waals surface area contributed by atoms with Crippen LogP contribution in [0.1, 0.15) is 32.1 Å². The Balaban J connectivity index is 1.53. The first kappa shape index (κ1) is 26.7. The lowest BCUT2D eigenvalue weighted by molar-refractivity contribution is 0.0706. The summed E-state index contributed by atoms with van der Waals surface area (Å²) in [6, 6.07) is 17.6. The highest BCUT2D eigenvalue weighted by Crippen LogP contribution is 2.26. The Labute approximate surface area is 236 Å². The molecule has 0 aliphatic carbocycles. The number of hydrogen-bond donors (Lipinski definition) is 1. The Morgan fingerprint density at radius 3 is 2.54 bits per heavy atom.